The van der Waals surface area contributed by atoms with E-state index < -0.39 is 10.0 Å². The lowest BCUT2D eigenvalue weighted by atomic mass is 10.1. The summed E-state index contributed by atoms with van der Waals surface area (Å²) >= 11 is 3.38. The van der Waals surface area contributed by atoms with Gasteiger partial charge in [-0.05, 0) is 36.2 Å². The molecule has 1 amide bonds. The third kappa shape index (κ3) is 6.37. The zero-order valence-corrected chi connectivity index (χ0v) is 18.7. The Morgan fingerprint density at radius 1 is 1.00 bits per heavy atom. The van der Waals surface area contributed by atoms with Crippen LogP contribution in [0.5, 0.6) is 0 Å². The number of nitrogens with zero attached hydrogens (tertiary/aromatic N) is 2. The first-order chi connectivity index (χ1) is 14.0. The predicted molar refractivity (Wildman–Crippen MR) is 118 cm³/mol. The molecular formula is C21H26BrN3O3S. The van der Waals surface area contributed by atoms with Crippen molar-refractivity contribution >= 4 is 31.9 Å². The summed E-state index contributed by atoms with van der Waals surface area (Å²) in [6.07, 6.45) is 0.677. The topological polar surface area (TPSA) is 69.7 Å². The number of hydrogen-bond acceptors (Lipinski definition) is 4. The summed E-state index contributed by atoms with van der Waals surface area (Å²) < 4.78 is 27.9. The molecule has 0 aromatic heterocycles. The van der Waals surface area contributed by atoms with E-state index in [4.69, 9.17) is 0 Å². The maximum atomic E-state index is 13.1. The Balaban J connectivity index is 1.70. The number of benzene rings is 2. The Hall–Kier alpha value is -1.74. The molecule has 2 aromatic carbocycles. The fraction of sp³-hybridized carbons (Fsp3) is 0.381. The normalized spacial score (nSPS) is 15.2. The van der Waals surface area contributed by atoms with E-state index in [0.29, 0.717) is 44.7 Å². The van der Waals surface area contributed by atoms with Gasteiger partial charge in [-0.2, -0.15) is 4.31 Å². The number of carbonyl (C=O) groups excluding carboxylic acids is 1. The van der Waals surface area contributed by atoms with E-state index in [9.17, 15) is 13.2 Å². The third-order valence-corrected chi connectivity index (χ3v) is 7.36. The van der Waals surface area contributed by atoms with Gasteiger partial charge in [-0.3, -0.25) is 4.79 Å². The molecular weight excluding hydrogens is 454 g/mol. The van der Waals surface area contributed by atoms with Gasteiger partial charge in [-0.15, -0.1) is 0 Å². The third-order valence-electron chi connectivity index (χ3n) is 4.98. The van der Waals surface area contributed by atoms with Gasteiger partial charge >= 0.3 is 0 Å². The number of halogens is 1. The molecule has 1 fully saturated rings. The summed E-state index contributed by atoms with van der Waals surface area (Å²) in [5, 5.41) is 3.16. The van der Waals surface area contributed by atoms with Gasteiger partial charge in [-0.25, -0.2) is 8.42 Å². The molecule has 1 N–H and O–H groups in total. The molecule has 0 unspecified atom stereocenters. The Morgan fingerprint density at radius 2 is 1.66 bits per heavy atom. The highest BCUT2D eigenvalue weighted by atomic mass is 79.9. The van der Waals surface area contributed by atoms with Crippen molar-refractivity contribution < 1.29 is 13.2 Å². The maximum absolute atomic E-state index is 13.1. The van der Waals surface area contributed by atoms with E-state index in [1.54, 1.807) is 17.0 Å². The zero-order valence-electron chi connectivity index (χ0n) is 16.3. The van der Waals surface area contributed by atoms with Gasteiger partial charge in [0.05, 0.1) is 5.75 Å². The van der Waals surface area contributed by atoms with Crippen molar-refractivity contribution in [1.29, 1.82) is 0 Å². The van der Waals surface area contributed by atoms with Crippen LogP contribution in [-0.4, -0.2) is 68.6 Å². The molecule has 8 heteroatoms. The zero-order chi connectivity index (χ0) is 20.7. The van der Waals surface area contributed by atoms with Gasteiger partial charge in [0, 0.05) is 49.3 Å². The molecule has 0 atom stereocenters. The average molecular weight is 480 g/mol. The molecule has 0 aliphatic carbocycles. The molecule has 29 heavy (non-hydrogen) atoms. The first-order valence-corrected chi connectivity index (χ1v) is 12.1. The minimum atomic E-state index is -3.39. The fourth-order valence-electron chi connectivity index (χ4n) is 3.28. The molecule has 2 aromatic rings. The lowest BCUT2D eigenvalue weighted by Gasteiger charge is -2.28. The largest absolute Gasteiger partial charge is 0.337 e. The highest BCUT2D eigenvalue weighted by Crippen LogP contribution is 2.14. The summed E-state index contributed by atoms with van der Waals surface area (Å²) in [6, 6.07) is 17.1. The molecule has 0 bridgehead atoms. The molecule has 3 rings (SSSR count). The van der Waals surface area contributed by atoms with Crippen LogP contribution < -0.4 is 5.32 Å². The molecule has 0 spiro atoms. The fourth-order valence-corrected chi connectivity index (χ4v) is 4.99. The number of carbonyl (C=O) groups is 1. The van der Waals surface area contributed by atoms with E-state index in [0.717, 1.165) is 10.0 Å². The second kappa shape index (κ2) is 10.3. The van der Waals surface area contributed by atoms with Crippen LogP contribution in [0.3, 0.4) is 0 Å². The van der Waals surface area contributed by atoms with Crippen molar-refractivity contribution in [3.05, 3.63) is 70.2 Å². The summed E-state index contributed by atoms with van der Waals surface area (Å²) in [4.78, 5) is 14.7. The van der Waals surface area contributed by atoms with Crippen LogP contribution in [-0.2, 0) is 16.4 Å². The Kier molecular flexibility index (Phi) is 7.83. The van der Waals surface area contributed by atoms with Gasteiger partial charge in [0.25, 0.3) is 5.91 Å². The van der Waals surface area contributed by atoms with Gasteiger partial charge in [0.15, 0.2) is 0 Å². The summed E-state index contributed by atoms with van der Waals surface area (Å²) in [7, 11) is -3.39. The van der Waals surface area contributed by atoms with Crippen LogP contribution >= 0.6 is 15.9 Å². The van der Waals surface area contributed by atoms with Crippen molar-refractivity contribution in [3.8, 4) is 0 Å². The first kappa shape index (κ1) is 22.0. The molecule has 6 nitrogen and oxygen atoms in total. The van der Waals surface area contributed by atoms with Gasteiger partial charge in [0.2, 0.25) is 10.0 Å². The first-order valence-electron chi connectivity index (χ1n) is 9.73. The number of rotatable bonds is 8. The van der Waals surface area contributed by atoms with E-state index in [-0.39, 0.29) is 18.2 Å². The predicted octanol–water partition coefficient (Wildman–Crippen LogP) is 2.37. The Labute approximate surface area is 181 Å². The highest BCUT2D eigenvalue weighted by molar-refractivity contribution is 9.10. The second-order valence-electron chi connectivity index (χ2n) is 7.00. The van der Waals surface area contributed by atoms with E-state index in [1.165, 1.54) is 4.31 Å². The van der Waals surface area contributed by atoms with E-state index >= 15 is 0 Å². The second-order valence-corrected chi connectivity index (χ2v) is 10.0. The summed E-state index contributed by atoms with van der Waals surface area (Å²) in [5.41, 5.74) is 1.67. The lowest BCUT2D eigenvalue weighted by molar-refractivity contribution is 0.0767. The maximum Gasteiger partial charge on any atom is 0.253 e. The molecule has 1 heterocycles. The molecule has 0 saturated carbocycles. The van der Waals surface area contributed by atoms with Crippen molar-refractivity contribution in [2.24, 2.45) is 0 Å². The van der Waals surface area contributed by atoms with Gasteiger partial charge in [-0.1, -0.05) is 46.3 Å². The number of hydrogen-bond donors (Lipinski definition) is 1. The highest BCUT2D eigenvalue weighted by Gasteiger charge is 2.26. The molecule has 1 aliphatic rings. The van der Waals surface area contributed by atoms with Crippen LogP contribution in [0.2, 0.25) is 0 Å². The summed E-state index contributed by atoms with van der Waals surface area (Å²) in [6.45, 7) is 2.92. The smallest absolute Gasteiger partial charge is 0.253 e. The lowest BCUT2D eigenvalue weighted by Crippen LogP contribution is -2.48. The van der Waals surface area contributed by atoms with Gasteiger partial charge < -0.3 is 10.2 Å². The van der Waals surface area contributed by atoms with E-state index in [1.807, 2.05) is 42.5 Å². The number of sulfonamides is 1. The number of nitrogens with one attached hydrogen (secondary N) is 1. The quantitative estimate of drug-likeness (QED) is 0.630. The van der Waals surface area contributed by atoms with Crippen LogP contribution in [0.4, 0.5) is 0 Å². The van der Waals surface area contributed by atoms with Crippen molar-refractivity contribution in [3.63, 3.8) is 0 Å². The average Bonchev–Trinajstić information content (AvgIpc) is 2.75. The molecule has 1 aliphatic heterocycles. The molecule has 0 radical (unpaired) electrons. The van der Waals surface area contributed by atoms with Crippen molar-refractivity contribution in [2.45, 2.75) is 6.42 Å². The van der Waals surface area contributed by atoms with Crippen molar-refractivity contribution in [1.82, 2.24) is 14.5 Å². The standard InChI is InChI=1S/C21H26BrN3O3S/c22-20-8-6-19(7-9-20)21(26)24(13-10-18-4-2-1-3-5-18)16-17-29(27,28)25-14-11-23-12-15-25/h1-9,23H,10-17H2. The van der Waals surface area contributed by atoms with E-state index in [2.05, 4.69) is 21.2 Å². The summed E-state index contributed by atoms with van der Waals surface area (Å²) in [5.74, 6) is -0.215. The SMILES string of the molecule is O=C(c1ccc(Br)cc1)N(CCc1ccccc1)CCS(=O)(=O)N1CCNCC1. The minimum Gasteiger partial charge on any atom is -0.337 e. The van der Waals surface area contributed by atoms with Gasteiger partial charge in [0.1, 0.15) is 0 Å². The van der Waals surface area contributed by atoms with Crippen molar-refractivity contribution in [2.75, 3.05) is 45.0 Å². The molecule has 156 valence electrons. The monoisotopic (exact) mass is 479 g/mol. The van der Waals surface area contributed by atoms with Crippen LogP contribution in [0, 0.1) is 0 Å². The Bertz CT molecular complexity index is 899. The van der Waals surface area contributed by atoms with Crippen LogP contribution in [0.25, 0.3) is 0 Å². The minimum absolute atomic E-state index is 0.0654. The molecule has 1 saturated heterocycles. The Morgan fingerprint density at radius 3 is 2.31 bits per heavy atom. The van der Waals surface area contributed by atoms with Crippen LogP contribution in [0.1, 0.15) is 15.9 Å². The van der Waals surface area contributed by atoms with Crippen LogP contribution in [0.15, 0.2) is 59.1 Å². The number of piperazine rings is 1. The number of amides is 1.